The molecule has 184 valence electrons. The highest BCUT2D eigenvalue weighted by atomic mass is 15.3. The third-order valence-electron chi connectivity index (χ3n) is 8.23. The summed E-state index contributed by atoms with van der Waals surface area (Å²) in [5, 5.41) is 0. The molecule has 2 heterocycles. The van der Waals surface area contributed by atoms with Gasteiger partial charge < -0.3 is 9.80 Å². The summed E-state index contributed by atoms with van der Waals surface area (Å²) < 4.78 is 0. The zero-order valence-corrected chi connectivity index (χ0v) is 21.7. The van der Waals surface area contributed by atoms with Crippen LogP contribution in [0.15, 0.2) is 0 Å². The van der Waals surface area contributed by atoms with Crippen molar-refractivity contribution in [1.82, 2.24) is 9.80 Å². The number of fused-ring (bicyclic) bond motifs is 1. The minimum atomic E-state index is 0.880. The fourth-order valence-corrected chi connectivity index (χ4v) is 6.03. The lowest BCUT2D eigenvalue weighted by atomic mass is 10.0. The lowest BCUT2D eigenvalue weighted by Gasteiger charge is -2.20. The average Bonchev–Trinajstić information content (AvgIpc) is 3.33. The molecule has 0 radical (unpaired) electrons. The number of hydrogen-bond donors (Lipinski definition) is 0. The van der Waals surface area contributed by atoms with Crippen molar-refractivity contribution >= 4 is 0 Å². The van der Waals surface area contributed by atoms with Crippen molar-refractivity contribution < 1.29 is 0 Å². The van der Waals surface area contributed by atoms with Gasteiger partial charge in [0.2, 0.25) is 0 Å². The van der Waals surface area contributed by atoms with Crippen LogP contribution in [0.25, 0.3) is 0 Å². The van der Waals surface area contributed by atoms with Gasteiger partial charge in [-0.1, -0.05) is 129 Å². The number of likely N-dealkylation sites (N-methyl/N-ethyl adjacent to an activating group) is 1. The largest absolute Gasteiger partial charge is 0.302 e. The predicted molar refractivity (Wildman–Crippen MR) is 139 cm³/mol. The van der Waals surface area contributed by atoms with E-state index in [0.717, 1.165) is 12.0 Å². The maximum atomic E-state index is 2.75. The minimum Gasteiger partial charge on any atom is -0.302 e. The van der Waals surface area contributed by atoms with E-state index in [0.29, 0.717) is 0 Å². The molecule has 0 aliphatic carbocycles. The van der Waals surface area contributed by atoms with Gasteiger partial charge in [0.1, 0.15) is 0 Å². The first-order chi connectivity index (χ1) is 15.3. The Kier molecular flexibility index (Phi) is 16.1. The van der Waals surface area contributed by atoms with Gasteiger partial charge >= 0.3 is 0 Å². The van der Waals surface area contributed by atoms with Gasteiger partial charge in [0.05, 0.1) is 0 Å². The second-order valence-corrected chi connectivity index (χ2v) is 11.1. The van der Waals surface area contributed by atoms with Crippen LogP contribution in [-0.4, -0.2) is 49.1 Å². The van der Waals surface area contributed by atoms with Crippen LogP contribution in [-0.2, 0) is 0 Å². The molecule has 2 nitrogen and oxygen atoms in total. The van der Waals surface area contributed by atoms with E-state index in [1.807, 2.05) is 0 Å². The molecule has 2 heteroatoms. The van der Waals surface area contributed by atoms with Crippen LogP contribution in [0.5, 0.6) is 0 Å². The number of nitrogens with zero attached hydrogens (tertiary/aromatic N) is 2. The second-order valence-electron chi connectivity index (χ2n) is 11.1. The van der Waals surface area contributed by atoms with Crippen LogP contribution in [0.4, 0.5) is 0 Å². The summed E-state index contributed by atoms with van der Waals surface area (Å²) in [6.07, 6.45) is 30.9. The van der Waals surface area contributed by atoms with E-state index in [1.165, 1.54) is 161 Å². The van der Waals surface area contributed by atoms with Gasteiger partial charge in [-0.05, 0) is 38.9 Å². The van der Waals surface area contributed by atoms with E-state index in [4.69, 9.17) is 0 Å². The third kappa shape index (κ3) is 12.7. The monoisotopic (exact) mass is 434 g/mol. The number of unbranched alkanes of at least 4 members (excludes halogenated alkanes) is 19. The first-order valence-electron chi connectivity index (χ1n) is 14.7. The van der Waals surface area contributed by atoms with Crippen molar-refractivity contribution in [2.24, 2.45) is 5.92 Å². The van der Waals surface area contributed by atoms with Crippen molar-refractivity contribution in [1.29, 1.82) is 0 Å². The van der Waals surface area contributed by atoms with Gasteiger partial charge in [0.25, 0.3) is 0 Å². The van der Waals surface area contributed by atoms with Gasteiger partial charge in [-0.2, -0.15) is 0 Å². The van der Waals surface area contributed by atoms with Crippen molar-refractivity contribution in [2.45, 2.75) is 148 Å². The maximum Gasteiger partial charge on any atom is 0.0261 e. The van der Waals surface area contributed by atoms with Crippen LogP contribution in [0.3, 0.4) is 0 Å². The van der Waals surface area contributed by atoms with E-state index in [2.05, 4.69) is 23.8 Å². The van der Waals surface area contributed by atoms with Crippen LogP contribution in [0, 0.1) is 5.92 Å². The Bertz CT molecular complexity index is 396. The van der Waals surface area contributed by atoms with Crippen LogP contribution < -0.4 is 0 Å². The second kappa shape index (κ2) is 18.4. The first kappa shape index (κ1) is 27.2. The molecule has 2 fully saturated rings. The zero-order valence-electron chi connectivity index (χ0n) is 21.7. The van der Waals surface area contributed by atoms with Crippen LogP contribution in [0.2, 0.25) is 0 Å². The molecule has 2 rings (SSSR count). The summed E-state index contributed by atoms with van der Waals surface area (Å²) >= 11 is 0. The SMILES string of the molecule is CCCCCCCCCCCCCCCCCCCCCCN1CC2CCN(C)C2C1. The quantitative estimate of drug-likeness (QED) is 0.167. The molecule has 2 saturated heterocycles. The summed E-state index contributed by atoms with van der Waals surface area (Å²) in [5.41, 5.74) is 0. The molecular weight excluding hydrogens is 376 g/mol. The molecule has 2 unspecified atom stereocenters. The molecular formula is C29H58N2. The third-order valence-corrected chi connectivity index (χ3v) is 8.23. The summed E-state index contributed by atoms with van der Waals surface area (Å²) in [6, 6.07) is 0.880. The number of likely N-dealkylation sites (tertiary alicyclic amines) is 2. The Labute approximate surface area is 196 Å². The standard InChI is InChI=1S/C29H58N2/c1-3-4-5-6-7-8-9-10-11-12-13-14-15-16-17-18-19-20-21-22-24-31-26-28-23-25-30(2)29(28)27-31/h28-29H,3-27H2,1-2H3. The van der Waals surface area contributed by atoms with Gasteiger partial charge in [-0.15, -0.1) is 0 Å². The zero-order chi connectivity index (χ0) is 22.0. The molecule has 2 atom stereocenters. The fraction of sp³-hybridized carbons (Fsp3) is 1.00. The molecule has 31 heavy (non-hydrogen) atoms. The van der Waals surface area contributed by atoms with E-state index < -0.39 is 0 Å². The Hall–Kier alpha value is -0.0800. The highest BCUT2D eigenvalue weighted by Crippen LogP contribution is 2.30. The van der Waals surface area contributed by atoms with Crippen molar-refractivity contribution in [3.8, 4) is 0 Å². The Morgan fingerprint density at radius 2 is 0.968 bits per heavy atom. The highest BCUT2D eigenvalue weighted by Gasteiger charge is 2.38. The summed E-state index contributed by atoms with van der Waals surface area (Å²) in [4.78, 5) is 5.35. The van der Waals surface area contributed by atoms with E-state index in [-0.39, 0.29) is 0 Å². The minimum absolute atomic E-state index is 0.880. The Balaban J connectivity index is 1.21. The van der Waals surface area contributed by atoms with Gasteiger partial charge in [0, 0.05) is 19.1 Å². The lowest BCUT2D eigenvalue weighted by Crippen LogP contribution is -2.32. The molecule has 0 aromatic rings. The van der Waals surface area contributed by atoms with Gasteiger partial charge in [0.15, 0.2) is 0 Å². The van der Waals surface area contributed by atoms with Crippen molar-refractivity contribution in [2.75, 3.05) is 33.2 Å². The molecule has 0 N–H and O–H groups in total. The topological polar surface area (TPSA) is 6.48 Å². The van der Waals surface area contributed by atoms with Crippen LogP contribution in [0.1, 0.15) is 142 Å². The van der Waals surface area contributed by atoms with Crippen molar-refractivity contribution in [3.63, 3.8) is 0 Å². The molecule has 0 saturated carbocycles. The maximum absolute atomic E-state index is 2.75. The van der Waals surface area contributed by atoms with Gasteiger partial charge in [-0.3, -0.25) is 0 Å². The smallest absolute Gasteiger partial charge is 0.0261 e. The average molecular weight is 435 g/mol. The summed E-state index contributed by atoms with van der Waals surface area (Å²) in [6.45, 7) is 7.73. The number of rotatable bonds is 21. The Morgan fingerprint density at radius 1 is 0.548 bits per heavy atom. The molecule has 0 amide bonds. The highest BCUT2D eigenvalue weighted by molar-refractivity contribution is 4.94. The van der Waals surface area contributed by atoms with Crippen LogP contribution >= 0.6 is 0 Å². The van der Waals surface area contributed by atoms with E-state index >= 15 is 0 Å². The van der Waals surface area contributed by atoms with Crippen molar-refractivity contribution in [3.05, 3.63) is 0 Å². The normalized spacial score (nSPS) is 21.9. The lowest BCUT2D eigenvalue weighted by molar-refractivity contribution is 0.256. The molecule has 2 aliphatic heterocycles. The molecule has 0 aromatic carbocycles. The fourth-order valence-electron chi connectivity index (χ4n) is 6.03. The first-order valence-corrected chi connectivity index (χ1v) is 14.7. The predicted octanol–water partition coefficient (Wildman–Crippen LogP) is 8.44. The Morgan fingerprint density at radius 3 is 1.39 bits per heavy atom. The summed E-state index contributed by atoms with van der Waals surface area (Å²) in [7, 11) is 2.33. The summed E-state index contributed by atoms with van der Waals surface area (Å²) in [5.74, 6) is 0.982. The molecule has 0 aromatic heterocycles. The van der Waals surface area contributed by atoms with E-state index in [9.17, 15) is 0 Å². The molecule has 2 aliphatic rings. The molecule has 0 spiro atoms. The van der Waals surface area contributed by atoms with Gasteiger partial charge in [-0.25, -0.2) is 0 Å². The van der Waals surface area contributed by atoms with E-state index in [1.54, 1.807) is 0 Å². The number of hydrogen-bond acceptors (Lipinski definition) is 2. The molecule has 0 bridgehead atoms.